The Kier molecular flexibility index (Phi) is 8.70. The van der Waals surface area contributed by atoms with E-state index >= 15 is 0 Å². The van der Waals surface area contributed by atoms with Gasteiger partial charge in [-0.1, -0.05) is 36.8 Å². The van der Waals surface area contributed by atoms with E-state index < -0.39 is 26.0 Å². The standard InChI is InChI=1S/C27H31N3O6S2/c1-29(37(32,33)23-10-4-2-5-11-23)26-13-7-6-12-25(26)27(31)28-18-21-36-22-14-16-24(17-15-22)38(34,35)30-19-8-3-9-20-30/h2,4-7,10-17H,3,8-9,18-21H2,1H3,(H,28,31). The van der Waals surface area contributed by atoms with Crippen molar-refractivity contribution in [3.8, 4) is 5.75 Å². The van der Waals surface area contributed by atoms with E-state index in [4.69, 9.17) is 4.74 Å². The van der Waals surface area contributed by atoms with Gasteiger partial charge in [0.2, 0.25) is 10.0 Å². The molecule has 38 heavy (non-hydrogen) atoms. The van der Waals surface area contributed by atoms with Gasteiger partial charge in [0.25, 0.3) is 15.9 Å². The fourth-order valence-electron chi connectivity index (χ4n) is 4.21. The van der Waals surface area contributed by atoms with Crippen LogP contribution in [-0.4, -0.2) is 60.3 Å². The van der Waals surface area contributed by atoms with Crippen molar-refractivity contribution < 1.29 is 26.4 Å². The first-order chi connectivity index (χ1) is 18.2. The van der Waals surface area contributed by atoms with Crippen molar-refractivity contribution in [3.05, 3.63) is 84.4 Å². The van der Waals surface area contributed by atoms with E-state index in [1.165, 1.54) is 35.6 Å². The van der Waals surface area contributed by atoms with Crippen LogP contribution >= 0.6 is 0 Å². The molecular formula is C27H31N3O6S2. The quantitative estimate of drug-likeness (QED) is 0.382. The SMILES string of the molecule is CN(c1ccccc1C(=O)NCCOc1ccc(S(=O)(=O)N2CCCCC2)cc1)S(=O)(=O)c1ccccc1. The van der Waals surface area contributed by atoms with E-state index in [1.54, 1.807) is 54.6 Å². The predicted octanol–water partition coefficient (Wildman–Crippen LogP) is 3.50. The summed E-state index contributed by atoms with van der Waals surface area (Å²) in [6, 6.07) is 20.7. The molecule has 0 saturated carbocycles. The summed E-state index contributed by atoms with van der Waals surface area (Å²) < 4.78 is 59.9. The normalized spacial score (nSPS) is 14.6. The number of carbonyl (C=O) groups excluding carboxylic acids is 1. The second-order valence-corrected chi connectivity index (χ2v) is 12.8. The lowest BCUT2D eigenvalue weighted by Crippen LogP contribution is -2.35. The van der Waals surface area contributed by atoms with Crippen LogP contribution in [0, 0.1) is 0 Å². The van der Waals surface area contributed by atoms with Gasteiger partial charge >= 0.3 is 0 Å². The van der Waals surface area contributed by atoms with Gasteiger partial charge in [-0.3, -0.25) is 9.10 Å². The summed E-state index contributed by atoms with van der Waals surface area (Å²) in [5.41, 5.74) is 0.460. The molecule has 9 nitrogen and oxygen atoms in total. The van der Waals surface area contributed by atoms with Crippen molar-refractivity contribution in [2.24, 2.45) is 0 Å². The van der Waals surface area contributed by atoms with Crippen molar-refractivity contribution >= 4 is 31.6 Å². The van der Waals surface area contributed by atoms with Crippen molar-refractivity contribution in [1.29, 1.82) is 0 Å². The number of anilines is 1. The maximum Gasteiger partial charge on any atom is 0.264 e. The molecule has 1 saturated heterocycles. The molecular weight excluding hydrogens is 526 g/mol. The van der Waals surface area contributed by atoms with E-state index in [1.807, 2.05) is 0 Å². The summed E-state index contributed by atoms with van der Waals surface area (Å²) in [5, 5.41) is 2.75. The third-order valence-electron chi connectivity index (χ3n) is 6.32. The summed E-state index contributed by atoms with van der Waals surface area (Å²) >= 11 is 0. The molecule has 202 valence electrons. The van der Waals surface area contributed by atoms with Gasteiger partial charge in [-0.05, 0) is 61.4 Å². The summed E-state index contributed by atoms with van der Waals surface area (Å²) in [7, 11) is -5.95. The summed E-state index contributed by atoms with van der Waals surface area (Å²) in [4.78, 5) is 13.2. The number of amides is 1. The Hall–Kier alpha value is -3.41. The van der Waals surface area contributed by atoms with Gasteiger partial charge in [-0.2, -0.15) is 4.31 Å². The summed E-state index contributed by atoms with van der Waals surface area (Å²) in [6.07, 6.45) is 2.79. The molecule has 4 rings (SSSR count). The molecule has 0 unspecified atom stereocenters. The lowest BCUT2D eigenvalue weighted by molar-refractivity contribution is 0.0947. The highest BCUT2D eigenvalue weighted by Crippen LogP contribution is 2.26. The molecule has 11 heteroatoms. The van der Waals surface area contributed by atoms with Crippen LogP contribution in [0.25, 0.3) is 0 Å². The average Bonchev–Trinajstić information content (AvgIpc) is 2.96. The van der Waals surface area contributed by atoms with Crippen LogP contribution in [0.15, 0.2) is 88.7 Å². The maximum absolute atomic E-state index is 13.0. The molecule has 0 spiro atoms. The van der Waals surface area contributed by atoms with Crippen molar-refractivity contribution in [1.82, 2.24) is 9.62 Å². The molecule has 1 aliphatic heterocycles. The zero-order valence-corrected chi connectivity index (χ0v) is 22.7. The van der Waals surface area contributed by atoms with Gasteiger partial charge in [0.1, 0.15) is 12.4 Å². The van der Waals surface area contributed by atoms with E-state index in [0.717, 1.165) is 23.6 Å². The predicted molar refractivity (Wildman–Crippen MR) is 145 cm³/mol. The number of benzene rings is 3. The third kappa shape index (κ3) is 6.17. The number of hydrogen-bond donors (Lipinski definition) is 1. The minimum atomic E-state index is -3.85. The molecule has 0 atom stereocenters. The second kappa shape index (κ2) is 12.0. The van der Waals surface area contributed by atoms with Crippen LogP contribution < -0.4 is 14.4 Å². The fourth-order valence-corrected chi connectivity index (χ4v) is 6.96. The topological polar surface area (TPSA) is 113 Å². The highest BCUT2D eigenvalue weighted by Gasteiger charge is 2.26. The van der Waals surface area contributed by atoms with Gasteiger partial charge in [0.05, 0.1) is 27.6 Å². The smallest absolute Gasteiger partial charge is 0.264 e. The molecule has 1 fully saturated rings. The van der Waals surface area contributed by atoms with Crippen LogP contribution in [0.2, 0.25) is 0 Å². The number of rotatable bonds is 10. The Morgan fingerprint density at radius 3 is 2.16 bits per heavy atom. The molecule has 0 aromatic heterocycles. The van der Waals surface area contributed by atoms with Crippen LogP contribution in [0.1, 0.15) is 29.6 Å². The first-order valence-electron chi connectivity index (χ1n) is 12.4. The second-order valence-electron chi connectivity index (χ2n) is 8.84. The average molecular weight is 558 g/mol. The van der Waals surface area contributed by atoms with Crippen molar-refractivity contribution in [2.75, 3.05) is 37.6 Å². The van der Waals surface area contributed by atoms with Crippen molar-refractivity contribution in [2.45, 2.75) is 29.1 Å². The van der Waals surface area contributed by atoms with Crippen molar-refractivity contribution in [3.63, 3.8) is 0 Å². The monoisotopic (exact) mass is 557 g/mol. The molecule has 0 bridgehead atoms. The molecule has 1 amide bonds. The van der Waals surface area contributed by atoms with Gasteiger partial charge in [0.15, 0.2) is 0 Å². The Morgan fingerprint density at radius 1 is 0.842 bits per heavy atom. The number of ether oxygens (including phenoxy) is 1. The molecule has 0 radical (unpaired) electrons. The molecule has 1 heterocycles. The van der Waals surface area contributed by atoms with Crippen LogP contribution in [0.4, 0.5) is 5.69 Å². The number of carbonyl (C=O) groups is 1. The van der Waals surface area contributed by atoms with Gasteiger partial charge in [0, 0.05) is 20.1 Å². The Bertz CT molecular complexity index is 1450. The van der Waals surface area contributed by atoms with E-state index in [2.05, 4.69) is 5.32 Å². The molecule has 1 aliphatic rings. The Labute approximate surface area is 224 Å². The number of nitrogens with one attached hydrogen (secondary N) is 1. The zero-order chi connectivity index (χ0) is 27.2. The number of sulfonamides is 2. The molecule has 3 aromatic rings. The van der Waals surface area contributed by atoms with Crippen LogP contribution in [-0.2, 0) is 20.0 Å². The lowest BCUT2D eigenvalue weighted by Gasteiger charge is -2.25. The maximum atomic E-state index is 13.0. The minimum absolute atomic E-state index is 0.126. The van der Waals surface area contributed by atoms with E-state index in [0.29, 0.717) is 18.8 Å². The molecule has 3 aromatic carbocycles. The van der Waals surface area contributed by atoms with Gasteiger partial charge in [-0.25, -0.2) is 16.8 Å². The van der Waals surface area contributed by atoms with Gasteiger partial charge in [-0.15, -0.1) is 0 Å². The minimum Gasteiger partial charge on any atom is -0.492 e. The van der Waals surface area contributed by atoms with E-state index in [-0.39, 0.29) is 34.2 Å². The first kappa shape index (κ1) is 27.6. The Balaban J connectivity index is 1.34. The number of nitrogens with zero attached hydrogens (tertiary/aromatic N) is 2. The van der Waals surface area contributed by atoms with Crippen LogP contribution in [0.5, 0.6) is 5.75 Å². The lowest BCUT2D eigenvalue weighted by atomic mass is 10.1. The number of hydrogen-bond acceptors (Lipinski definition) is 6. The van der Waals surface area contributed by atoms with Gasteiger partial charge < -0.3 is 10.1 Å². The number of para-hydroxylation sites is 1. The molecule has 0 aliphatic carbocycles. The third-order valence-corrected chi connectivity index (χ3v) is 10.0. The Morgan fingerprint density at radius 2 is 1.47 bits per heavy atom. The number of piperidine rings is 1. The fraction of sp³-hybridized carbons (Fsp3) is 0.296. The van der Waals surface area contributed by atoms with Crippen LogP contribution in [0.3, 0.4) is 0 Å². The highest BCUT2D eigenvalue weighted by molar-refractivity contribution is 7.92. The summed E-state index contributed by atoms with van der Waals surface area (Å²) in [5.74, 6) is 0.0354. The van der Waals surface area contributed by atoms with E-state index in [9.17, 15) is 21.6 Å². The largest absolute Gasteiger partial charge is 0.492 e. The summed E-state index contributed by atoms with van der Waals surface area (Å²) in [6.45, 7) is 1.38. The highest BCUT2D eigenvalue weighted by atomic mass is 32.2. The first-order valence-corrected chi connectivity index (χ1v) is 15.2. The zero-order valence-electron chi connectivity index (χ0n) is 21.1. The molecule has 1 N–H and O–H groups in total.